The van der Waals surface area contributed by atoms with Crippen LogP contribution in [0.3, 0.4) is 0 Å². The van der Waals surface area contributed by atoms with Crippen LogP contribution in [0.15, 0.2) is 29.9 Å². The number of thioether (sulfide) groups is 1. The fourth-order valence-corrected chi connectivity index (χ4v) is 3.45. The molecule has 10 heteroatoms. The monoisotopic (exact) mass is 360 g/mol. The third kappa shape index (κ3) is 3.85. The summed E-state index contributed by atoms with van der Waals surface area (Å²) in [4.78, 5) is 12.2. The molecule has 2 N–H and O–H groups in total. The second-order valence-electron chi connectivity index (χ2n) is 5.83. The quantitative estimate of drug-likeness (QED) is 0.450. The summed E-state index contributed by atoms with van der Waals surface area (Å²) in [5.41, 5.74) is 1.28. The molecular weight excluding hydrogens is 343 g/mol. The number of aromatic nitrogens is 4. The van der Waals surface area contributed by atoms with Crippen LogP contribution >= 0.6 is 11.8 Å². The topological polar surface area (TPSA) is 110 Å². The van der Waals surface area contributed by atoms with E-state index in [-0.39, 0.29) is 29.5 Å². The van der Waals surface area contributed by atoms with Crippen LogP contribution in [-0.4, -0.2) is 49.0 Å². The highest BCUT2D eigenvalue weighted by atomic mass is 32.2. The zero-order valence-corrected chi connectivity index (χ0v) is 14.4. The minimum Gasteiger partial charge on any atom is -0.535 e. The van der Waals surface area contributed by atoms with Crippen molar-refractivity contribution in [2.24, 2.45) is 7.05 Å². The summed E-state index contributed by atoms with van der Waals surface area (Å²) in [7, 11) is 0.591. The zero-order valence-electron chi connectivity index (χ0n) is 13.6. The Labute approximate surface area is 149 Å². The van der Waals surface area contributed by atoms with Crippen LogP contribution in [0.25, 0.3) is 5.76 Å². The number of hydrogen-bond donors (Lipinski definition) is 2. The molecule has 1 atom stereocenters. The lowest BCUT2D eigenvalue weighted by atomic mass is 9.64. The van der Waals surface area contributed by atoms with E-state index < -0.39 is 7.12 Å². The molecule has 0 saturated carbocycles. The summed E-state index contributed by atoms with van der Waals surface area (Å²) in [5, 5.41) is 31.5. The van der Waals surface area contributed by atoms with Crippen molar-refractivity contribution in [1.29, 1.82) is 0 Å². The molecule has 0 spiro atoms. The number of carbonyl (C=O) groups is 1. The number of hydrogen-bond acceptors (Lipinski definition) is 8. The van der Waals surface area contributed by atoms with Gasteiger partial charge >= 0.3 is 7.12 Å². The molecule has 1 aliphatic rings. The summed E-state index contributed by atoms with van der Waals surface area (Å²) in [5.74, 6) is 0.155. The summed E-state index contributed by atoms with van der Waals surface area (Å²) in [6, 6.07) is 5.31. The van der Waals surface area contributed by atoms with Crippen molar-refractivity contribution in [2.45, 2.75) is 23.8 Å². The van der Waals surface area contributed by atoms with Crippen molar-refractivity contribution < 1.29 is 19.6 Å². The number of Topliss-reactive ketones (excluding diaryl/α,β-unsaturated/α-hetero) is 1. The van der Waals surface area contributed by atoms with E-state index in [1.54, 1.807) is 19.2 Å². The summed E-state index contributed by atoms with van der Waals surface area (Å²) in [6.45, 7) is 3.50. The molecule has 0 saturated heterocycles. The minimum atomic E-state index is -1.11. The zero-order chi connectivity index (χ0) is 18.0. The minimum absolute atomic E-state index is 0.0215. The Balaban J connectivity index is 1.64. The second kappa shape index (κ2) is 7.28. The second-order valence-corrected chi connectivity index (χ2v) is 6.77. The molecule has 0 unspecified atom stereocenters. The summed E-state index contributed by atoms with van der Waals surface area (Å²) < 4.78 is 7.04. The Bertz CT molecular complexity index is 813. The number of aliphatic hydroxyl groups excluding tert-OH is 1. The van der Waals surface area contributed by atoms with E-state index in [1.165, 1.54) is 16.4 Å². The SMILES string of the molecule is C=C(O)c1cccc2c1OB(O)[C@@H](CC(=O)CSc1nnnn1C)C2. The van der Waals surface area contributed by atoms with Gasteiger partial charge in [-0.1, -0.05) is 30.5 Å². The Hall–Kier alpha value is -2.33. The molecular formula is C15H17BN4O4S. The van der Waals surface area contributed by atoms with Crippen molar-refractivity contribution in [3.63, 3.8) is 0 Å². The maximum Gasteiger partial charge on any atom is 0.526 e. The highest BCUT2D eigenvalue weighted by Crippen LogP contribution is 2.38. The number of ketones is 1. The van der Waals surface area contributed by atoms with Gasteiger partial charge in [0.2, 0.25) is 5.16 Å². The maximum absolute atomic E-state index is 12.2. The molecule has 1 aromatic carbocycles. The number of fused-ring (bicyclic) bond motifs is 1. The molecule has 25 heavy (non-hydrogen) atoms. The van der Waals surface area contributed by atoms with Gasteiger partial charge in [-0.15, -0.1) is 5.10 Å². The van der Waals surface area contributed by atoms with Gasteiger partial charge in [-0.05, 0) is 28.5 Å². The van der Waals surface area contributed by atoms with Crippen LogP contribution in [0.4, 0.5) is 0 Å². The number of aryl methyl sites for hydroxylation is 1. The van der Waals surface area contributed by atoms with Crippen LogP contribution < -0.4 is 4.65 Å². The van der Waals surface area contributed by atoms with Gasteiger partial charge in [-0.25, -0.2) is 4.68 Å². The van der Waals surface area contributed by atoms with E-state index in [2.05, 4.69) is 22.1 Å². The standard InChI is InChI=1S/C15H17BN4O4S/c1-9(21)13-5-3-4-10-6-11(16(23)24-14(10)13)7-12(22)8-25-15-17-18-19-20(15)2/h3-5,11,21,23H,1,6-8H2,2H3/t11-/m1/s1. The number of rotatable bonds is 6. The first-order chi connectivity index (χ1) is 12.0. The normalized spacial score (nSPS) is 16.2. The number of aliphatic hydroxyl groups is 1. The first kappa shape index (κ1) is 17.5. The third-order valence-electron chi connectivity index (χ3n) is 3.96. The van der Waals surface area contributed by atoms with Gasteiger partial charge in [-0.2, -0.15) is 0 Å². The van der Waals surface area contributed by atoms with Crippen molar-refractivity contribution in [3.05, 3.63) is 35.9 Å². The molecule has 0 bridgehead atoms. The first-order valence-corrected chi connectivity index (χ1v) is 8.66. The molecule has 0 amide bonds. The highest BCUT2D eigenvalue weighted by Gasteiger charge is 2.37. The fourth-order valence-electron chi connectivity index (χ4n) is 2.73. The number of carbonyl (C=O) groups excluding carboxylic acids is 1. The molecule has 2 heterocycles. The number of para-hydroxylation sites is 1. The maximum atomic E-state index is 12.2. The highest BCUT2D eigenvalue weighted by molar-refractivity contribution is 7.99. The largest absolute Gasteiger partial charge is 0.535 e. The average molecular weight is 360 g/mol. The van der Waals surface area contributed by atoms with Gasteiger partial charge in [0.05, 0.1) is 11.3 Å². The lowest BCUT2D eigenvalue weighted by Crippen LogP contribution is -2.35. The molecule has 8 nitrogen and oxygen atoms in total. The smallest absolute Gasteiger partial charge is 0.526 e. The number of benzene rings is 1. The van der Waals surface area contributed by atoms with Gasteiger partial charge in [0.25, 0.3) is 0 Å². The van der Waals surface area contributed by atoms with Crippen LogP contribution in [0, 0.1) is 0 Å². The number of nitrogens with zero attached hydrogens (tertiary/aromatic N) is 4. The molecule has 0 radical (unpaired) electrons. The van der Waals surface area contributed by atoms with E-state index >= 15 is 0 Å². The van der Waals surface area contributed by atoms with Crippen LogP contribution in [-0.2, 0) is 18.3 Å². The van der Waals surface area contributed by atoms with E-state index in [4.69, 9.17) is 4.65 Å². The van der Waals surface area contributed by atoms with Crippen molar-refractivity contribution in [3.8, 4) is 5.75 Å². The predicted octanol–water partition coefficient (Wildman–Crippen LogP) is 1.28. The van der Waals surface area contributed by atoms with Gasteiger partial charge in [-0.3, -0.25) is 4.79 Å². The fraction of sp³-hybridized carbons (Fsp3) is 0.333. The van der Waals surface area contributed by atoms with Crippen molar-refractivity contribution in [1.82, 2.24) is 20.2 Å². The predicted molar refractivity (Wildman–Crippen MR) is 93.3 cm³/mol. The molecule has 2 aromatic rings. The average Bonchev–Trinajstić information content (AvgIpc) is 2.98. The summed E-state index contributed by atoms with van der Waals surface area (Å²) in [6.07, 6.45) is 0.669. The Morgan fingerprint density at radius 3 is 3.04 bits per heavy atom. The Kier molecular flexibility index (Phi) is 5.09. The van der Waals surface area contributed by atoms with Crippen LogP contribution in [0.5, 0.6) is 5.75 Å². The molecule has 0 fully saturated rings. The van der Waals surface area contributed by atoms with E-state index in [0.717, 1.165) is 5.56 Å². The molecule has 130 valence electrons. The molecule has 1 aliphatic heterocycles. The first-order valence-electron chi connectivity index (χ1n) is 7.67. The van der Waals surface area contributed by atoms with E-state index in [0.29, 0.717) is 22.9 Å². The third-order valence-corrected chi connectivity index (χ3v) is 5.04. The van der Waals surface area contributed by atoms with Gasteiger partial charge in [0.15, 0.2) is 0 Å². The van der Waals surface area contributed by atoms with Crippen molar-refractivity contribution >= 4 is 30.4 Å². The van der Waals surface area contributed by atoms with Gasteiger partial charge in [0.1, 0.15) is 17.3 Å². The van der Waals surface area contributed by atoms with Gasteiger partial charge in [0, 0.05) is 19.3 Å². The lowest BCUT2D eigenvalue weighted by molar-refractivity contribution is -0.116. The number of tetrazole rings is 1. The molecule has 1 aromatic heterocycles. The molecule has 0 aliphatic carbocycles. The Morgan fingerprint density at radius 2 is 2.36 bits per heavy atom. The van der Waals surface area contributed by atoms with E-state index in [9.17, 15) is 14.9 Å². The lowest BCUT2D eigenvalue weighted by Gasteiger charge is -2.28. The van der Waals surface area contributed by atoms with Gasteiger partial charge < -0.3 is 14.8 Å². The Morgan fingerprint density at radius 1 is 1.56 bits per heavy atom. The van der Waals surface area contributed by atoms with Crippen LogP contribution in [0.1, 0.15) is 17.5 Å². The summed E-state index contributed by atoms with van der Waals surface area (Å²) >= 11 is 1.25. The van der Waals surface area contributed by atoms with Crippen LogP contribution in [0.2, 0.25) is 5.82 Å². The molecule has 3 rings (SSSR count). The van der Waals surface area contributed by atoms with E-state index in [1.807, 2.05) is 6.07 Å². The van der Waals surface area contributed by atoms with Crippen molar-refractivity contribution in [2.75, 3.05) is 5.75 Å².